The van der Waals surface area contributed by atoms with Crippen molar-refractivity contribution in [2.75, 3.05) is 13.1 Å². The number of fused-ring (bicyclic) bond motifs is 2. The second-order valence-electron chi connectivity index (χ2n) is 9.51. The van der Waals surface area contributed by atoms with Gasteiger partial charge in [-0.3, -0.25) is 4.79 Å². The third kappa shape index (κ3) is 4.43. The monoisotopic (exact) mass is 488 g/mol. The third-order valence-electron chi connectivity index (χ3n) is 7.29. The van der Waals surface area contributed by atoms with Crippen molar-refractivity contribution in [3.63, 3.8) is 0 Å². The number of ether oxygens (including phenoxy) is 1. The van der Waals surface area contributed by atoms with E-state index in [1.807, 2.05) is 89.8 Å². The van der Waals surface area contributed by atoms with Crippen molar-refractivity contribution >= 4 is 11.9 Å². The largest absolute Gasteiger partial charge is 0.438 e. The molecule has 2 atom stereocenters. The fourth-order valence-electron chi connectivity index (χ4n) is 5.47. The van der Waals surface area contributed by atoms with Crippen molar-refractivity contribution in [3.8, 4) is 0 Å². The van der Waals surface area contributed by atoms with E-state index in [0.29, 0.717) is 24.2 Å². The number of hydrogen-bond acceptors (Lipinski definition) is 4. The number of rotatable bonds is 8. The van der Waals surface area contributed by atoms with Gasteiger partial charge < -0.3 is 9.64 Å². The van der Waals surface area contributed by atoms with Gasteiger partial charge in [0, 0.05) is 29.8 Å². The summed E-state index contributed by atoms with van der Waals surface area (Å²) in [5.74, 6) is -0.308. The van der Waals surface area contributed by atoms with Crippen molar-refractivity contribution in [2.24, 2.45) is 0 Å². The normalized spacial score (nSPS) is 18.1. The molecule has 0 aliphatic carbocycles. The molecular weight excluding hydrogens is 460 g/mol. The Hall–Kier alpha value is -4.22. The Morgan fingerprint density at radius 3 is 1.92 bits per heavy atom. The molecule has 5 heteroatoms. The number of benzene rings is 4. The van der Waals surface area contributed by atoms with Gasteiger partial charge in [0.2, 0.25) is 0 Å². The van der Waals surface area contributed by atoms with Gasteiger partial charge in [-0.15, -0.1) is 0 Å². The summed E-state index contributed by atoms with van der Waals surface area (Å²) in [6.07, 6.45) is 0.580. The van der Waals surface area contributed by atoms with E-state index < -0.39 is 6.23 Å². The highest BCUT2D eigenvalue weighted by Crippen LogP contribution is 2.43. The van der Waals surface area contributed by atoms with Crippen LogP contribution in [0.15, 0.2) is 109 Å². The molecule has 0 aromatic heterocycles. The van der Waals surface area contributed by atoms with Gasteiger partial charge >= 0.3 is 5.97 Å². The fraction of sp³-hybridized carbons (Fsp3) is 0.188. The van der Waals surface area contributed by atoms with Crippen LogP contribution in [0.2, 0.25) is 0 Å². The molecule has 0 fully saturated rings. The van der Waals surface area contributed by atoms with Crippen molar-refractivity contribution < 1.29 is 14.3 Å². The second-order valence-corrected chi connectivity index (χ2v) is 9.51. The molecule has 0 saturated heterocycles. The van der Waals surface area contributed by atoms with E-state index in [9.17, 15) is 9.59 Å². The zero-order valence-electron chi connectivity index (χ0n) is 20.5. The minimum absolute atomic E-state index is 0.0128. The first kappa shape index (κ1) is 23.2. The van der Waals surface area contributed by atoms with Crippen molar-refractivity contribution in [1.82, 2.24) is 9.80 Å². The molecule has 2 aliphatic rings. The molecule has 0 unspecified atom stereocenters. The minimum atomic E-state index is -0.574. The van der Waals surface area contributed by atoms with E-state index in [0.717, 1.165) is 24.0 Å². The van der Waals surface area contributed by atoms with Gasteiger partial charge in [-0.05, 0) is 36.1 Å². The predicted octanol–water partition coefficient (Wildman–Crippen LogP) is 5.80. The van der Waals surface area contributed by atoms with Gasteiger partial charge in [-0.2, -0.15) is 0 Å². The van der Waals surface area contributed by atoms with Crippen LogP contribution >= 0.6 is 0 Å². The number of carbonyl (C=O) groups excluding carboxylic acids is 2. The highest BCUT2D eigenvalue weighted by molar-refractivity contribution is 5.99. The maximum Gasteiger partial charge on any atom is 0.340 e. The van der Waals surface area contributed by atoms with Crippen molar-refractivity contribution in [2.45, 2.75) is 25.2 Å². The molecule has 4 aromatic rings. The Balaban J connectivity index is 1.40. The van der Waals surface area contributed by atoms with Crippen LogP contribution in [0.25, 0.3) is 0 Å². The first-order valence-electron chi connectivity index (χ1n) is 12.7. The van der Waals surface area contributed by atoms with Crippen molar-refractivity contribution in [3.05, 3.63) is 143 Å². The van der Waals surface area contributed by atoms with E-state index >= 15 is 0 Å². The van der Waals surface area contributed by atoms with Crippen LogP contribution in [-0.2, 0) is 17.6 Å². The number of hydrogen-bond donors (Lipinski definition) is 0. The average Bonchev–Trinajstić information content (AvgIpc) is 3.43. The SMILES string of the molecule is O=C1O[C@H](N(CCc2ccccc2)[C@H]2c3ccccc3C(=O)N2CCc2ccccc2)c2ccccc21. The molecule has 0 radical (unpaired) electrons. The summed E-state index contributed by atoms with van der Waals surface area (Å²) >= 11 is 0. The quantitative estimate of drug-likeness (QED) is 0.294. The molecule has 184 valence electrons. The van der Waals surface area contributed by atoms with Crippen LogP contribution in [0.4, 0.5) is 0 Å². The minimum Gasteiger partial charge on any atom is -0.438 e. The zero-order valence-corrected chi connectivity index (χ0v) is 20.5. The topological polar surface area (TPSA) is 49.9 Å². The highest BCUT2D eigenvalue weighted by atomic mass is 16.6. The van der Waals surface area contributed by atoms with Gasteiger partial charge in [0.05, 0.1) is 5.56 Å². The maximum atomic E-state index is 13.7. The summed E-state index contributed by atoms with van der Waals surface area (Å²) in [5.41, 5.74) is 5.47. The summed E-state index contributed by atoms with van der Waals surface area (Å²) in [6, 6.07) is 35.9. The van der Waals surface area contributed by atoms with Gasteiger partial charge in [-0.1, -0.05) is 97.1 Å². The van der Waals surface area contributed by atoms with E-state index in [1.165, 1.54) is 11.1 Å². The third-order valence-corrected chi connectivity index (χ3v) is 7.29. The molecule has 4 aromatic carbocycles. The molecule has 0 saturated carbocycles. The van der Waals surface area contributed by atoms with Crippen LogP contribution in [-0.4, -0.2) is 34.8 Å². The number of nitrogens with zero attached hydrogens (tertiary/aromatic N) is 2. The number of amides is 1. The molecule has 37 heavy (non-hydrogen) atoms. The first-order valence-corrected chi connectivity index (χ1v) is 12.7. The number of esters is 1. The average molecular weight is 489 g/mol. The standard InChI is InChI=1S/C32H28N2O3/c35-30-26-16-8-7-15-25(26)29(33(30)21-19-23-11-3-1-4-12-23)34(22-20-24-13-5-2-6-14-24)31-27-17-9-10-18-28(27)32(36)37-31/h1-18,29,31H,19-22H2/t29-,31-/m0/s1. The van der Waals surface area contributed by atoms with E-state index in [4.69, 9.17) is 4.74 Å². The van der Waals surface area contributed by atoms with Gasteiger partial charge in [0.25, 0.3) is 5.91 Å². The van der Waals surface area contributed by atoms with E-state index in [1.54, 1.807) is 0 Å². The lowest BCUT2D eigenvalue weighted by Gasteiger charge is -2.38. The molecule has 0 bridgehead atoms. The summed E-state index contributed by atoms with van der Waals surface area (Å²) in [7, 11) is 0. The second kappa shape index (κ2) is 10.0. The van der Waals surface area contributed by atoms with Gasteiger partial charge in [0.15, 0.2) is 6.23 Å². The summed E-state index contributed by atoms with van der Waals surface area (Å²) in [4.78, 5) is 30.7. The Kier molecular flexibility index (Phi) is 6.29. The molecule has 0 N–H and O–H groups in total. The lowest BCUT2D eigenvalue weighted by molar-refractivity contribution is -0.0718. The lowest BCUT2D eigenvalue weighted by atomic mass is 10.0. The van der Waals surface area contributed by atoms with Crippen LogP contribution in [0.3, 0.4) is 0 Å². The summed E-state index contributed by atoms with van der Waals surface area (Å²) in [5, 5.41) is 0. The molecule has 5 nitrogen and oxygen atoms in total. The first-order chi connectivity index (χ1) is 18.2. The Morgan fingerprint density at radius 1 is 0.649 bits per heavy atom. The number of cyclic esters (lactones) is 1. The lowest BCUT2D eigenvalue weighted by Crippen LogP contribution is -2.43. The maximum absolute atomic E-state index is 13.7. The molecule has 6 rings (SSSR count). The fourth-order valence-corrected chi connectivity index (χ4v) is 5.47. The van der Waals surface area contributed by atoms with E-state index in [-0.39, 0.29) is 18.0 Å². The molecule has 2 heterocycles. The van der Waals surface area contributed by atoms with Gasteiger partial charge in [0.1, 0.15) is 6.17 Å². The molecule has 0 spiro atoms. The van der Waals surface area contributed by atoms with Crippen LogP contribution in [0.5, 0.6) is 0 Å². The predicted molar refractivity (Wildman–Crippen MR) is 142 cm³/mol. The van der Waals surface area contributed by atoms with Crippen LogP contribution in [0.1, 0.15) is 55.4 Å². The molecule has 2 aliphatic heterocycles. The number of carbonyl (C=O) groups is 2. The summed E-state index contributed by atoms with van der Waals surface area (Å²) in [6.45, 7) is 1.18. The molecular formula is C32H28N2O3. The van der Waals surface area contributed by atoms with Crippen LogP contribution in [0, 0.1) is 0 Å². The van der Waals surface area contributed by atoms with Crippen molar-refractivity contribution in [1.29, 1.82) is 0 Å². The summed E-state index contributed by atoms with van der Waals surface area (Å²) < 4.78 is 6.01. The zero-order chi connectivity index (χ0) is 25.2. The smallest absolute Gasteiger partial charge is 0.340 e. The Bertz CT molecular complexity index is 1420. The Morgan fingerprint density at radius 2 is 1.22 bits per heavy atom. The van der Waals surface area contributed by atoms with Gasteiger partial charge in [-0.25, -0.2) is 9.69 Å². The highest BCUT2D eigenvalue weighted by Gasteiger charge is 2.45. The van der Waals surface area contributed by atoms with E-state index in [2.05, 4.69) is 29.2 Å². The Labute approximate surface area is 216 Å². The molecule has 1 amide bonds. The van der Waals surface area contributed by atoms with Crippen LogP contribution < -0.4 is 0 Å².